The summed E-state index contributed by atoms with van der Waals surface area (Å²) in [5.41, 5.74) is -1.66. The van der Waals surface area contributed by atoms with Crippen molar-refractivity contribution in [2.75, 3.05) is 0 Å². The second-order valence-electron chi connectivity index (χ2n) is 3.33. The van der Waals surface area contributed by atoms with Gasteiger partial charge in [0.2, 0.25) is 0 Å². The highest BCUT2D eigenvalue weighted by molar-refractivity contribution is 7.76. The topological polar surface area (TPSA) is 168 Å². The minimum Gasteiger partial charge on any atom is -0.387 e. The number of carbonyl (C=O) groups excluding carboxylic acids is 1. The van der Waals surface area contributed by atoms with Gasteiger partial charge in [-0.05, 0) is 0 Å². The molecule has 0 radical (unpaired) electrons. The molecule has 1 rings (SSSR count). The van der Waals surface area contributed by atoms with Crippen LogP contribution in [0.1, 0.15) is 0 Å². The number of rotatable bonds is 2. The van der Waals surface area contributed by atoms with E-state index >= 15 is 0 Å². The van der Waals surface area contributed by atoms with Crippen LogP contribution in [0.3, 0.4) is 0 Å². The number of ether oxygens (including phenoxy) is 1. The third-order valence-electron chi connectivity index (χ3n) is 2.13. The van der Waals surface area contributed by atoms with Gasteiger partial charge in [-0.2, -0.15) is 14.7 Å². The molecule has 1 aliphatic heterocycles. The number of aliphatic hydroxyl groups excluding tert-OH is 4. The van der Waals surface area contributed by atoms with Crippen LogP contribution in [0.25, 0.3) is 0 Å². The number of carbonyl (C=O) groups is 1. The van der Waals surface area contributed by atoms with E-state index in [-0.39, 0.29) is 0 Å². The summed E-state index contributed by atoms with van der Waals surface area (Å²) in [6.45, 7) is 0. The molecule has 5 atom stereocenters. The van der Waals surface area contributed by atoms with Crippen molar-refractivity contribution in [3.63, 3.8) is 0 Å². The minimum atomic E-state index is -4.91. The summed E-state index contributed by atoms with van der Waals surface area (Å²) in [5.74, 6) is 0. The number of hydrogen-bond donors (Lipinski definition) is 7. The molecule has 0 aromatic heterocycles. The summed E-state index contributed by atoms with van der Waals surface area (Å²) >= 11 is 0. The molecule has 0 spiro atoms. The Labute approximate surface area is 89.7 Å². The van der Waals surface area contributed by atoms with Crippen LogP contribution in [0, 0.1) is 0 Å². The van der Waals surface area contributed by atoms with Crippen LogP contribution in [0.15, 0.2) is 0 Å². The van der Waals surface area contributed by atoms with Gasteiger partial charge in [0.05, 0.1) is 0 Å². The molecule has 9 nitrogen and oxygen atoms in total. The van der Waals surface area contributed by atoms with Crippen LogP contribution in [0.5, 0.6) is 0 Å². The van der Waals surface area contributed by atoms with Gasteiger partial charge in [0.1, 0.15) is 18.3 Å². The highest BCUT2D eigenvalue weighted by Gasteiger charge is 2.56. The Hall–Kier alpha value is -0.220. The highest BCUT2D eigenvalue weighted by Crippen LogP contribution is 2.48. The zero-order chi connectivity index (χ0) is 12.7. The summed E-state index contributed by atoms with van der Waals surface area (Å²) in [6.07, 6.45) is -9.76. The Morgan fingerprint density at radius 1 is 0.938 bits per heavy atom. The predicted octanol–water partition coefficient (Wildman–Crippen LogP) is -3.95. The molecule has 0 amide bonds. The fourth-order valence-corrected chi connectivity index (χ4v) is 1.79. The van der Waals surface area contributed by atoms with Gasteiger partial charge in [0, 0.05) is 0 Å². The largest absolute Gasteiger partial charge is 0.481 e. The van der Waals surface area contributed by atoms with Gasteiger partial charge in [0.25, 0.3) is 0 Å². The first-order valence-corrected chi connectivity index (χ1v) is 5.80. The molecule has 0 saturated carbocycles. The lowest BCUT2D eigenvalue weighted by Gasteiger charge is -2.36. The van der Waals surface area contributed by atoms with Gasteiger partial charge in [-0.3, -0.25) is 0 Å². The Morgan fingerprint density at radius 3 is 1.88 bits per heavy atom. The molecule has 0 bridgehead atoms. The molecule has 0 aromatic rings. The lowest BCUT2D eigenvalue weighted by Crippen LogP contribution is -2.59. The van der Waals surface area contributed by atoms with E-state index in [1.807, 2.05) is 0 Å². The monoisotopic (exact) mass is 259 g/mol. The summed E-state index contributed by atoms with van der Waals surface area (Å²) < 4.78 is 4.36. The molecule has 16 heavy (non-hydrogen) atoms. The van der Waals surface area contributed by atoms with Crippen LogP contribution in [0.4, 0.5) is 0 Å². The summed E-state index contributed by atoms with van der Waals surface area (Å²) in [4.78, 5) is 37.1. The Bertz CT molecular complexity index is 276. The molecule has 0 aromatic carbocycles. The molecule has 94 valence electrons. The van der Waals surface area contributed by atoms with Crippen molar-refractivity contribution in [2.24, 2.45) is 0 Å². The van der Waals surface area contributed by atoms with E-state index in [9.17, 15) is 15.0 Å². The normalized spacial score (nSPS) is 40.8. The van der Waals surface area contributed by atoms with Crippen molar-refractivity contribution in [2.45, 2.75) is 30.7 Å². The van der Waals surface area contributed by atoms with Crippen LogP contribution < -0.4 is 0 Å². The maximum atomic E-state index is 11.1. The second-order valence-corrected chi connectivity index (χ2v) is 4.90. The molecule has 7 N–H and O–H groups in total. The number of hydrogen-bond acceptors (Lipinski definition) is 9. The quantitative estimate of drug-likeness (QED) is 0.245. The smallest absolute Gasteiger partial charge is 0.387 e. The lowest BCUT2D eigenvalue weighted by atomic mass is 10.00. The highest BCUT2D eigenvalue weighted by atomic mass is 31.2. The van der Waals surface area contributed by atoms with Crippen LogP contribution in [-0.4, -0.2) is 71.3 Å². The molecular formula is C6H12O9P+. The van der Waals surface area contributed by atoms with Gasteiger partial charge < -0.3 is 25.2 Å². The standard InChI is InChI=1S/C6H12O9P/c7-1-2(8)4(6(11)16(12,13)14)15-5(10)3(1)9/h1-5,7-10,12-14H/q+1/t1-,2-,3-,4-,5-/m0/s1. The molecule has 10 heteroatoms. The first kappa shape index (κ1) is 13.8. The zero-order valence-corrected chi connectivity index (χ0v) is 8.68. The van der Waals surface area contributed by atoms with Crippen molar-refractivity contribution in [1.82, 2.24) is 0 Å². The predicted molar refractivity (Wildman–Crippen MR) is 47.5 cm³/mol. The summed E-state index contributed by atoms with van der Waals surface area (Å²) in [5, 5.41) is 36.5. The van der Waals surface area contributed by atoms with Gasteiger partial charge in [-0.1, -0.05) is 0 Å². The van der Waals surface area contributed by atoms with Crippen LogP contribution in [0.2, 0.25) is 0 Å². The molecular weight excluding hydrogens is 247 g/mol. The minimum absolute atomic E-state index is 1.66. The molecule has 1 fully saturated rings. The summed E-state index contributed by atoms with van der Waals surface area (Å²) in [7, 11) is -4.91. The van der Waals surface area contributed by atoms with E-state index in [0.717, 1.165) is 0 Å². The van der Waals surface area contributed by atoms with E-state index in [4.69, 9.17) is 24.9 Å². The Kier molecular flexibility index (Phi) is 3.95. The van der Waals surface area contributed by atoms with Gasteiger partial charge in [-0.25, -0.2) is 4.79 Å². The zero-order valence-electron chi connectivity index (χ0n) is 7.78. The first-order chi connectivity index (χ1) is 7.16. The molecule has 1 aliphatic rings. The summed E-state index contributed by atoms with van der Waals surface area (Å²) in [6, 6.07) is 0. The van der Waals surface area contributed by atoms with E-state index in [1.54, 1.807) is 0 Å². The molecule has 0 aliphatic carbocycles. The number of aliphatic hydroxyl groups is 4. The molecule has 1 saturated heterocycles. The average Bonchev–Trinajstić information content (AvgIpc) is 2.18. The van der Waals surface area contributed by atoms with E-state index in [0.29, 0.717) is 0 Å². The third-order valence-corrected chi connectivity index (χ3v) is 2.97. The maximum Gasteiger partial charge on any atom is 0.481 e. The Morgan fingerprint density at radius 2 is 1.44 bits per heavy atom. The van der Waals surface area contributed by atoms with Crippen molar-refractivity contribution < 1.29 is 44.6 Å². The fourth-order valence-electron chi connectivity index (χ4n) is 1.24. The molecule has 1 heterocycles. The molecule has 0 unspecified atom stereocenters. The van der Waals surface area contributed by atoms with E-state index < -0.39 is 44.2 Å². The Balaban J connectivity index is 2.86. The van der Waals surface area contributed by atoms with E-state index in [1.165, 1.54) is 0 Å². The van der Waals surface area contributed by atoms with Gasteiger partial charge in [0.15, 0.2) is 12.4 Å². The SMILES string of the molecule is O=C([C@H]1O[C@H](O)[C@@H](O)[C@@H](O)[C@@H]1O)[P+](O)(O)O. The van der Waals surface area contributed by atoms with Crippen molar-refractivity contribution in [3.05, 3.63) is 0 Å². The maximum absolute atomic E-state index is 11.1. The first-order valence-electron chi connectivity index (χ1n) is 4.15. The van der Waals surface area contributed by atoms with Crippen LogP contribution in [-0.2, 0) is 9.53 Å². The third kappa shape index (κ3) is 2.54. The van der Waals surface area contributed by atoms with Crippen molar-refractivity contribution >= 4 is 13.5 Å². The lowest BCUT2D eigenvalue weighted by molar-refractivity contribution is -0.273. The van der Waals surface area contributed by atoms with Gasteiger partial charge >= 0.3 is 13.5 Å². The van der Waals surface area contributed by atoms with Crippen LogP contribution >= 0.6 is 7.94 Å². The van der Waals surface area contributed by atoms with Crippen molar-refractivity contribution in [3.8, 4) is 0 Å². The van der Waals surface area contributed by atoms with E-state index in [2.05, 4.69) is 4.74 Å². The van der Waals surface area contributed by atoms with Gasteiger partial charge in [-0.15, -0.1) is 0 Å². The second kappa shape index (κ2) is 4.57. The fraction of sp³-hybridized carbons (Fsp3) is 0.833. The van der Waals surface area contributed by atoms with Crippen molar-refractivity contribution in [1.29, 1.82) is 0 Å². The average molecular weight is 259 g/mol.